The fourth-order valence-corrected chi connectivity index (χ4v) is 1.58. The van der Waals surface area contributed by atoms with Crippen molar-refractivity contribution in [2.75, 3.05) is 0 Å². The molecule has 2 aromatic rings. The Kier molecular flexibility index (Phi) is 3.89. The molecule has 0 aliphatic carbocycles. The van der Waals surface area contributed by atoms with E-state index in [0.717, 1.165) is 18.2 Å². The molecule has 0 radical (unpaired) electrons. The normalized spacial score (nSPS) is 11.4. The zero-order chi connectivity index (χ0) is 14.8. The highest BCUT2D eigenvalue weighted by Crippen LogP contribution is 2.26. The quantitative estimate of drug-likeness (QED) is 0.881. The van der Waals surface area contributed by atoms with E-state index in [2.05, 4.69) is 9.72 Å². The Morgan fingerprint density at radius 3 is 2.25 bits per heavy atom. The summed E-state index contributed by atoms with van der Waals surface area (Å²) >= 11 is 0. The van der Waals surface area contributed by atoms with Crippen LogP contribution in [-0.2, 0) is 6.61 Å². The molecule has 0 fully saturated rings. The van der Waals surface area contributed by atoms with Gasteiger partial charge < -0.3 is 9.84 Å². The number of benzene rings is 1. The zero-order valence-electron chi connectivity index (χ0n) is 9.99. The summed E-state index contributed by atoms with van der Waals surface area (Å²) in [4.78, 5) is 3.88. The first-order chi connectivity index (χ1) is 9.39. The van der Waals surface area contributed by atoms with Gasteiger partial charge in [0, 0.05) is 5.56 Å². The molecule has 3 nitrogen and oxygen atoms in total. The number of nitrogens with zero attached hydrogens (tertiary/aromatic N) is 1. The molecule has 0 atom stereocenters. The van der Waals surface area contributed by atoms with Crippen molar-refractivity contribution in [3.8, 4) is 17.0 Å². The molecule has 0 aliphatic heterocycles. The second kappa shape index (κ2) is 5.46. The fourth-order valence-electron chi connectivity index (χ4n) is 1.58. The number of hydrogen-bond acceptors (Lipinski definition) is 3. The largest absolute Gasteiger partial charge is 0.573 e. The second-order valence-electron chi connectivity index (χ2n) is 3.86. The molecule has 7 heteroatoms. The van der Waals surface area contributed by atoms with Gasteiger partial charge in [-0.05, 0) is 36.4 Å². The lowest BCUT2D eigenvalue weighted by molar-refractivity contribution is -0.274. The SMILES string of the molecule is OCc1nc(-c2ccc(OC(F)(F)F)cc2)ccc1F. The Balaban J connectivity index is 2.26. The van der Waals surface area contributed by atoms with Gasteiger partial charge in [0.1, 0.15) is 17.3 Å². The van der Waals surface area contributed by atoms with Gasteiger partial charge in [-0.25, -0.2) is 9.37 Å². The number of aliphatic hydroxyl groups is 1. The van der Waals surface area contributed by atoms with E-state index in [-0.39, 0.29) is 11.4 Å². The predicted octanol–water partition coefficient (Wildman–Crippen LogP) is 3.28. The third kappa shape index (κ3) is 3.45. The van der Waals surface area contributed by atoms with Crippen LogP contribution in [0.25, 0.3) is 11.3 Å². The minimum Gasteiger partial charge on any atom is -0.406 e. The van der Waals surface area contributed by atoms with Gasteiger partial charge in [-0.2, -0.15) is 0 Å². The van der Waals surface area contributed by atoms with E-state index in [4.69, 9.17) is 5.11 Å². The minimum atomic E-state index is -4.75. The van der Waals surface area contributed by atoms with Gasteiger partial charge >= 0.3 is 6.36 Å². The van der Waals surface area contributed by atoms with Crippen LogP contribution in [0.15, 0.2) is 36.4 Å². The molecule has 1 heterocycles. The topological polar surface area (TPSA) is 42.4 Å². The van der Waals surface area contributed by atoms with Crippen molar-refractivity contribution in [1.82, 2.24) is 4.98 Å². The molecule has 1 aromatic carbocycles. The van der Waals surface area contributed by atoms with Crippen LogP contribution in [-0.4, -0.2) is 16.5 Å². The van der Waals surface area contributed by atoms with Gasteiger partial charge in [0.2, 0.25) is 0 Å². The Hall–Kier alpha value is -2.15. The first-order valence-corrected chi connectivity index (χ1v) is 5.51. The average molecular weight is 287 g/mol. The molecule has 0 saturated heterocycles. The van der Waals surface area contributed by atoms with E-state index in [0.29, 0.717) is 11.3 Å². The predicted molar refractivity (Wildman–Crippen MR) is 62.2 cm³/mol. The maximum Gasteiger partial charge on any atom is 0.573 e. The summed E-state index contributed by atoms with van der Waals surface area (Å²) in [5.74, 6) is -1.00. The van der Waals surface area contributed by atoms with Crippen LogP contribution in [0.1, 0.15) is 5.69 Å². The summed E-state index contributed by atoms with van der Waals surface area (Å²) in [5, 5.41) is 8.91. The molecule has 20 heavy (non-hydrogen) atoms. The highest BCUT2D eigenvalue weighted by Gasteiger charge is 2.30. The van der Waals surface area contributed by atoms with Crippen LogP contribution in [0.5, 0.6) is 5.75 Å². The second-order valence-corrected chi connectivity index (χ2v) is 3.86. The number of alkyl halides is 3. The highest BCUT2D eigenvalue weighted by atomic mass is 19.4. The number of halogens is 4. The molecule has 0 aliphatic rings. The van der Waals surface area contributed by atoms with Crippen molar-refractivity contribution in [1.29, 1.82) is 0 Å². The van der Waals surface area contributed by atoms with E-state index < -0.39 is 18.8 Å². The maximum absolute atomic E-state index is 13.2. The van der Waals surface area contributed by atoms with E-state index >= 15 is 0 Å². The molecule has 0 bridgehead atoms. The van der Waals surface area contributed by atoms with Crippen LogP contribution in [0, 0.1) is 5.82 Å². The molecule has 0 spiro atoms. The lowest BCUT2D eigenvalue weighted by Crippen LogP contribution is -2.16. The number of aromatic nitrogens is 1. The van der Waals surface area contributed by atoms with Crippen molar-refractivity contribution in [3.63, 3.8) is 0 Å². The molecule has 0 amide bonds. The fraction of sp³-hybridized carbons (Fsp3) is 0.154. The first-order valence-electron chi connectivity index (χ1n) is 5.51. The van der Waals surface area contributed by atoms with Crippen molar-refractivity contribution in [2.45, 2.75) is 13.0 Å². The van der Waals surface area contributed by atoms with Crippen molar-refractivity contribution in [3.05, 3.63) is 47.9 Å². The zero-order valence-corrected chi connectivity index (χ0v) is 9.99. The van der Waals surface area contributed by atoms with E-state index in [1.54, 1.807) is 0 Å². The van der Waals surface area contributed by atoms with E-state index in [9.17, 15) is 17.6 Å². The van der Waals surface area contributed by atoms with E-state index in [1.165, 1.54) is 18.2 Å². The number of pyridine rings is 1. The molecular weight excluding hydrogens is 278 g/mol. The number of hydrogen-bond donors (Lipinski definition) is 1. The van der Waals surface area contributed by atoms with Crippen LogP contribution >= 0.6 is 0 Å². The summed E-state index contributed by atoms with van der Waals surface area (Å²) in [5.41, 5.74) is 0.696. The summed E-state index contributed by atoms with van der Waals surface area (Å²) in [7, 11) is 0. The lowest BCUT2D eigenvalue weighted by Gasteiger charge is -2.09. The molecule has 0 unspecified atom stereocenters. The van der Waals surface area contributed by atoms with Crippen molar-refractivity contribution >= 4 is 0 Å². The van der Waals surface area contributed by atoms with Crippen molar-refractivity contribution < 1.29 is 27.4 Å². The van der Waals surface area contributed by atoms with Gasteiger partial charge in [0.25, 0.3) is 0 Å². The minimum absolute atomic E-state index is 0.127. The van der Waals surface area contributed by atoms with Gasteiger partial charge in [0.05, 0.1) is 12.3 Å². The van der Waals surface area contributed by atoms with Gasteiger partial charge in [-0.1, -0.05) is 0 Å². The smallest absolute Gasteiger partial charge is 0.406 e. The Morgan fingerprint density at radius 1 is 1.05 bits per heavy atom. The monoisotopic (exact) mass is 287 g/mol. The maximum atomic E-state index is 13.2. The molecular formula is C13H9F4NO2. The standard InChI is InChI=1S/C13H9F4NO2/c14-10-5-6-11(18-12(10)7-19)8-1-3-9(4-2-8)20-13(15,16)17/h1-6,19H,7H2. The summed E-state index contributed by atoms with van der Waals surface area (Å²) in [6, 6.07) is 7.49. The van der Waals surface area contributed by atoms with Gasteiger partial charge in [-0.15, -0.1) is 13.2 Å². The Labute approximate surface area is 111 Å². The van der Waals surface area contributed by atoms with Crippen LogP contribution < -0.4 is 4.74 Å². The number of aliphatic hydroxyl groups excluding tert-OH is 1. The summed E-state index contributed by atoms with van der Waals surface area (Å²) < 4.78 is 52.9. The molecule has 106 valence electrons. The highest BCUT2D eigenvalue weighted by molar-refractivity contribution is 5.60. The van der Waals surface area contributed by atoms with Crippen molar-refractivity contribution in [2.24, 2.45) is 0 Å². The Bertz CT molecular complexity index is 596. The van der Waals surface area contributed by atoms with Gasteiger partial charge in [-0.3, -0.25) is 0 Å². The number of ether oxygens (including phenoxy) is 1. The molecule has 0 saturated carbocycles. The average Bonchev–Trinajstić information content (AvgIpc) is 2.38. The molecule has 1 aromatic heterocycles. The molecule has 1 N–H and O–H groups in total. The number of rotatable bonds is 3. The van der Waals surface area contributed by atoms with Gasteiger partial charge in [0.15, 0.2) is 0 Å². The Morgan fingerprint density at radius 2 is 1.70 bits per heavy atom. The lowest BCUT2D eigenvalue weighted by atomic mass is 10.1. The molecule has 2 rings (SSSR count). The van der Waals surface area contributed by atoms with Crippen LogP contribution in [0.3, 0.4) is 0 Å². The van der Waals surface area contributed by atoms with Crippen LogP contribution in [0.2, 0.25) is 0 Å². The van der Waals surface area contributed by atoms with Crippen LogP contribution in [0.4, 0.5) is 17.6 Å². The third-order valence-corrected chi connectivity index (χ3v) is 2.45. The summed E-state index contributed by atoms with van der Waals surface area (Å²) in [6.45, 7) is -0.561. The third-order valence-electron chi connectivity index (χ3n) is 2.45. The summed E-state index contributed by atoms with van der Waals surface area (Å²) in [6.07, 6.45) is -4.75. The van der Waals surface area contributed by atoms with E-state index in [1.807, 2.05) is 0 Å². The first kappa shape index (κ1) is 14.3.